The minimum Gasteiger partial charge on any atom is -0.0810 e. The first-order valence-corrected chi connectivity index (χ1v) is 7.82. The molecule has 2 aliphatic rings. The summed E-state index contributed by atoms with van der Waals surface area (Å²) in [7, 11) is 0. The van der Waals surface area contributed by atoms with Crippen molar-refractivity contribution >= 4 is 0 Å². The fraction of sp³-hybridized carbons (Fsp3) is 0.481. The number of rotatable bonds is 0. The van der Waals surface area contributed by atoms with Crippen LogP contribution in [-0.2, 0) is 5.41 Å². The van der Waals surface area contributed by atoms with Crippen molar-refractivity contribution in [3.05, 3.63) is 71.8 Å². The Morgan fingerprint density at radius 2 is 0.778 bits per heavy atom. The number of hydrogen-bond acceptors (Lipinski definition) is 0. The van der Waals surface area contributed by atoms with E-state index in [-0.39, 0.29) is 60.8 Å². The van der Waals surface area contributed by atoms with Crippen LogP contribution in [0.15, 0.2) is 60.7 Å². The van der Waals surface area contributed by atoms with Gasteiger partial charge in [0.25, 0.3) is 0 Å². The van der Waals surface area contributed by atoms with Crippen LogP contribution in [0, 0.1) is 10.8 Å². The third kappa shape index (κ3) is 3.18. The van der Waals surface area contributed by atoms with Crippen molar-refractivity contribution in [1.29, 1.82) is 0 Å². The maximum Gasteiger partial charge on any atom is 0.0385 e. The van der Waals surface area contributed by atoms with Gasteiger partial charge < -0.3 is 0 Å². The van der Waals surface area contributed by atoms with Gasteiger partial charge in [-0.2, -0.15) is 0 Å². The van der Waals surface area contributed by atoms with Crippen molar-refractivity contribution in [3.63, 3.8) is 0 Å². The lowest BCUT2D eigenvalue weighted by Crippen LogP contribution is -2.47. The molecule has 4 rings (SSSR count). The second-order valence-corrected chi connectivity index (χ2v) is 7.62. The zero-order chi connectivity index (χ0) is 14.9. The topological polar surface area (TPSA) is 0 Å². The van der Waals surface area contributed by atoms with Gasteiger partial charge in [0.2, 0.25) is 0 Å². The van der Waals surface area contributed by atoms with Gasteiger partial charge in [-0.3, -0.25) is 0 Å². The van der Waals surface area contributed by atoms with Crippen molar-refractivity contribution in [1.82, 2.24) is 0 Å². The van der Waals surface area contributed by atoms with Gasteiger partial charge in [0.05, 0.1) is 0 Å². The Labute approximate surface area is 171 Å². The summed E-state index contributed by atoms with van der Waals surface area (Å²) < 4.78 is 0. The highest BCUT2D eigenvalue weighted by atomic mass is 14.6. The van der Waals surface area contributed by atoms with Gasteiger partial charge >= 0.3 is 0 Å². The van der Waals surface area contributed by atoms with E-state index >= 15 is 0 Å². The molecule has 2 aromatic rings. The third-order valence-electron chi connectivity index (χ3n) is 5.80. The molecule has 0 heteroatoms. The zero-order valence-electron chi connectivity index (χ0n) is 13.3. The average Bonchev–Trinajstić information content (AvgIpc) is 2.87. The molecule has 0 saturated carbocycles. The molecule has 0 amide bonds. The molecule has 0 unspecified atom stereocenters. The quantitative estimate of drug-likeness (QED) is 0.405. The second-order valence-electron chi connectivity index (χ2n) is 7.62. The molecule has 2 aromatic carbocycles. The Kier molecular flexibility index (Phi) is 9.88. The number of hydrogen-bond donors (Lipinski definition) is 0. The molecule has 154 valence electrons. The monoisotopic (exact) mass is 370 g/mol. The number of fused-ring (bicyclic) bond motifs is 5. The van der Waals surface area contributed by atoms with Crippen molar-refractivity contribution in [2.45, 2.75) is 77.7 Å². The Morgan fingerprint density at radius 1 is 0.481 bits per heavy atom. The van der Waals surface area contributed by atoms with E-state index in [1.165, 1.54) is 22.3 Å². The van der Waals surface area contributed by atoms with Crippen LogP contribution in [0.2, 0.25) is 0 Å². The molecular weight excluding hydrogens is 324 g/mol. The summed E-state index contributed by atoms with van der Waals surface area (Å²) in [6, 6.07) is 18.0. The molecule has 0 saturated heterocycles. The van der Waals surface area contributed by atoms with Crippen molar-refractivity contribution in [2.75, 3.05) is 0 Å². The predicted molar refractivity (Wildman–Crippen MR) is 130 cm³/mol. The van der Waals surface area contributed by atoms with Gasteiger partial charge in [0.1, 0.15) is 0 Å². The highest BCUT2D eigenvalue weighted by Crippen LogP contribution is 2.68. The van der Waals surface area contributed by atoms with Gasteiger partial charge in [0.15, 0.2) is 0 Å². The molecule has 0 aromatic heterocycles. The van der Waals surface area contributed by atoms with Gasteiger partial charge in [-0.05, 0) is 33.1 Å². The molecule has 0 nitrogen and oxygen atoms in total. The summed E-state index contributed by atoms with van der Waals surface area (Å²) in [5.41, 5.74) is 6.07. The van der Waals surface area contributed by atoms with Gasteiger partial charge in [-0.15, -0.1) is 0 Å². The minimum absolute atomic E-state index is 0. The van der Waals surface area contributed by atoms with E-state index in [0.717, 1.165) is 0 Å². The van der Waals surface area contributed by atoms with E-state index in [1.54, 1.807) is 0 Å². The number of benzene rings is 2. The van der Waals surface area contributed by atoms with Crippen molar-refractivity contribution < 1.29 is 0 Å². The third-order valence-corrected chi connectivity index (χ3v) is 5.80. The predicted octanol–water partition coefficient (Wildman–Crippen LogP) is 9.39. The smallest absolute Gasteiger partial charge is 0.0385 e. The number of allylic oxidation sites excluding steroid dienone is 2. The Morgan fingerprint density at radius 3 is 1.11 bits per heavy atom. The average molecular weight is 371 g/mol. The van der Waals surface area contributed by atoms with Crippen molar-refractivity contribution in [3.8, 4) is 11.1 Å². The first-order valence-electron chi connectivity index (χ1n) is 7.82. The van der Waals surface area contributed by atoms with E-state index in [0.29, 0.717) is 0 Å². The normalized spacial score (nSPS) is 17.3. The lowest BCUT2D eigenvalue weighted by atomic mass is 9.53. The Balaban J connectivity index is -0.000000960. The van der Waals surface area contributed by atoms with Crippen LogP contribution in [0.5, 0.6) is 0 Å². The van der Waals surface area contributed by atoms with Crippen LogP contribution in [0.3, 0.4) is 0 Å². The summed E-state index contributed by atoms with van der Waals surface area (Å²) in [5, 5.41) is 0. The maximum atomic E-state index is 2.42. The SMILES string of the molecule is C.C.C.C.C.C.CC1(C)C=CC(C)(C)C12c1ccccc1-c1ccccc12. The minimum atomic E-state index is 0. The van der Waals surface area contributed by atoms with Gasteiger partial charge in [-0.1, -0.05) is 133 Å². The van der Waals surface area contributed by atoms with Crippen LogP contribution >= 0.6 is 0 Å². The summed E-state index contributed by atoms with van der Waals surface area (Å²) in [6.45, 7) is 9.54. The maximum absolute atomic E-state index is 2.42. The highest BCUT2D eigenvalue weighted by Gasteiger charge is 2.61. The Hall–Kier alpha value is -1.82. The van der Waals surface area contributed by atoms with Crippen LogP contribution in [-0.4, -0.2) is 0 Å². The molecule has 1 spiro atoms. The fourth-order valence-corrected chi connectivity index (χ4v) is 5.12. The molecule has 0 radical (unpaired) electrons. The Bertz CT molecular complexity index is 694. The van der Waals surface area contributed by atoms with Crippen LogP contribution < -0.4 is 0 Å². The van der Waals surface area contributed by atoms with E-state index in [4.69, 9.17) is 0 Å². The summed E-state index contributed by atoms with van der Waals surface area (Å²) in [5.74, 6) is 0. The zero-order valence-corrected chi connectivity index (χ0v) is 13.3. The van der Waals surface area contributed by atoms with Crippen molar-refractivity contribution in [2.24, 2.45) is 10.8 Å². The van der Waals surface area contributed by atoms with Gasteiger partial charge in [-0.25, -0.2) is 0 Å². The lowest BCUT2D eigenvalue weighted by Gasteiger charge is -2.49. The summed E-state index contributed by atoms with van der Waals surface area (Å²) >= 11 is 0. The van der Waals surface area contributed by atoms with E-state index in [9.17, 15) is 0 Å². The first kappa shape index (κ1) is 29.9. The van der Waals surface area contributed by atoms with E-state index in [1.807, 2.05) is 0 Å². The van der Waals surface area contributed by atoms with Crippen LogP contribution in [0.4, 0.5) is 0 Å². The molecule has 0 N–H and O–H groups in total. The summed E-state index contributed by atoms with van der Waals surface area (Å²) in [4.78, 5) is 0. The first-order chi connectivity index (χ1) is 9.92. The summed E-state index contributed by atoms with van der Waals surface area (Å²) in [6.07, 6.45) is 4.84. The highest BCUT2D eigenvalue weighted by molar-refractivity contribution is 5.83. The van der Waals surface area contributed by atoms with E-state index in [2.05, 4.69) is 88.4 Å². The molecular formula is C27H46. The molecule has 27 heavy (non-hydrogen) atoms. The second kappa shape index (κ2) is 8.91. The standard InChI is InChI=1S/C21H22.6CH4/c1-19(2)13-14-20(3,4)21(19)17-11-7-5-9-15(17)16-10-6-8-12-18(16)21;;;;;;/h5-14H,1-4H3;6*1H4. The molecule has 0 aliphatic heterocycles. The molecule has 0 heterocycles. The van der Waals surface area contributed by atoms with Gasteiger partial charge in [0, 0.05) is 5.41 Å². The fourth-order valence-electron chi connectivity index (χ4n) is 5.12. The molecule has 0 fully saturated rings. The lowest BCUT2D eigenvalue weighted by molar-refractivity contribution is 0.173. The largest absolute Gasteiger partial charge is 0.0810 e. The molecule has 2 aliphatic carbocycles. The van der Waals surface area contributed by atoms with E-state index < -0.39 is 0 Å². The van der Waals surface area contributed by atoms with Crippen LogP contribution in [0.25, 0.3) is 11.1 Å². The van der Waals surface area contributed by atoms with Crippen LogP contribution in [0.1, 0.15) is 83.4 Å². The molecule has 0 atom stereocenters. The molecule has 0 bridgehead atoms.